The molecule has 0 heterocycles. The number of benzene rings is 2. The standard InChI is InChI=1S/C19H19N3O7/c1-27-14-6-4-3-5-13(14)21-18(25)19(26)22-20-10-12-7-8-15(16(9-12)28-2)29-11-17(23)24/h3-10H,11H2,1-2H3,(H,21,25)(H,22,26)(H,23,24)/b20-10-. The van der Waals surface area contributed by atoms with E-state index in [-0.39, 0.29) is 11.5 Å². The van der Waals surface area contributed by atoms with Crippen LogP contribution in [0.4, 0.5) is 5.69 Å². The molecule has 2 aromatic rings. The number of hydrazone groups is 1. The molecule has 0 saturated heterocycles. The number of hydrogen-bond donors (Lipinski definition) is 3. The van der Waals surface area contributed by atoms with Gasteiger partial charge in [-0.1, -0.05) is 12.1 Å². The van der Waals surface area contributed by atoms with E-state index in [0.29, 0.717) is 17.0 Å². The summed E-state index contributed by atoms with van der Waals surface area (Å²) in [4.78, 5) is 34.4. The van der Waals surface area contributed by atoms with Crippen molar-refractivity contribution in [2.24, 2.45) is 5.10 Å². The number of nitrogens with zero attached hydrogens (tertiary/aromatic N) is 1. The zero-order valence-electron chi connectivity index (χ0n) is 15.7. The lowest BCUT2D eigenvalue weighted by molar-refractivity contribution is -0.139. The maximum Gasteiger partial charge on any atom is 0.341 e. The van der Waals surface area contributed by atoms with Gasteiger partial charge in [-0.3, -0.25) is 9.59 Å². The van der Waals surface area contributed by atoms with Crippen LogP contribution in [0, 0.1) is 0 Å². The van der Waals surface area contributed by atoms with Crippen LogP contribution in [0.1, 0.15) is 5.56 Å². The average molecular weight is 401 g/mol. The fourth-order valence-corrected chi connectivity index (χ4v) is 2.17. The molecule has 0 atom stereocenters. The minimum atomic E-state index is -1.12. The van der Waals surface area contributed by atoms with Crippen LogP contribution in [0.2, 0.25) is 0 Å². The fraction of sp³-hybridized carbons (Fsp3) is 0.158. The molecule has 10 nitrogen and oxygen atoms in total. The highest BCUT2D eigenvalue weighted by Gasteiger charge is 2.15. The van der Waals surface area contributed by atoms with Gasteiger partial charge in [0.25, 0.3) is 0 Å². The van der Waals surface area contributed by atoms with Gasteiger partial charge in [0.05, 0.1) is 26.1 Å². The Hall–Kier alpha value is -4.08. The van der Waals surface area contributed by atoms with Crippen molar-refractivity contribution in [2.45, 2.75) is 0 Å². The quantitative estimate of drug-likeness (QED) is 0.344. The van der Waals surface area contributed by atoms with Crippen molar-refractivity contribution in [2.75, 3.05) is 26.1 Å². The highest BCUT2D eigenvalue weighted by Crippen LogP contribution is 2.27. The smallest absolute Gasteiger partial charge is 0.341 e. The number of hydrogen-bond acceptors (Lipinski definition) is 7. The first-order valence-electron chi connectivity index (χ1n) is 8.24. The summed E-state index contributed by atoms with van der Waals surface area (Å²) in [6.45, 7) is -0.513. The predicted molar refractivity (Wildman–Crippen MR) is 103 cm³/mol. The van der Waals surface area contributed by atoms with Crippen molar-refractivity contribution in [3.05, 3.63) is 48.0 Å². The summed E-state index contributed by atoms with van der Waals surface area (Å²) in [5.74, 6) is -2.06. The Labute approximate surface area is 166 Å². The van der Waals surface area contributed by atoms with Gasteiger partial charge in [0.15, 0.2) is 18.1 Å². The Kier molecular flexibility index (Phi) is 7.54. The summed E-state index contributed by atoms with van der Waals surface area (Å²) < 4.78 is 15.3. The number of nitrogens with one attached hydrogen (secondary N) is 2. The van der Waals surface area contributed by atoms with Crippen molar-refractivity contribution in [1.82, 2.24) is 5.43 Å². The Morgan fingerprint density at radius 2 is 1.72 bits per heavy atom. The molecular weight excluding hydrogens is 382 g/mol. The Bertz CT molecular complexity index is 928. The summed E-state index contributed by atoms with van der Waals surface area (Å²) in [5, 5.41) is 14.8. The van der Waals surface area contributed by atoms with Crippen LogP contribution in [0.25, 0.3) is 0 Å². The lowest BCUT2D eigenvalue weighted by atomic mass is 10.2. The summed E-state index contributed by atoms with van der Waals surface area (Å²) in [6, 6.07) is 11.2. The van der Waals surface area contributed by atoms with Gasteiger partial charge in [-0.2, -0.15) is 5.10 Å². The number of ether oxygens (including phenoxy) is 3. The molecule has 0 saturated carbocycles. The molecule has 0 radical (unpaired) electrons. The van der Waals surface area contributed by atoms with Gasteiger partial charge in [-0.05, 0) is 35.9 Å². The maximum absolute atomic E-state index is 12.0. The molecule has 3 N–H and O–H groups in total. The van der Waals surface area contributed by atoms with E-state index in [1.54, 1.807) is 30.3 Å². The van der Waals surface area contributed by atoms with Gasteiger partial charge in [0.1, 0.15) is 5.75 Å². The molecule has 152 valence electrons. The molecule has 0 bridgehead atoms. The van der Waals surface area contributed by atoms with Gasteiger partial charge in [-0.25, -0.2) is 10.2 Å². The van der Waals surface area contributed by atoms with Crippen molar-refractivity contribution >= 4 is 29.7 Å². The molecule has 2 amide bonds. The number of carbonyl (C=O) groups excluding carboxylic acids is 2. The molecule has 0 unspecified atom stereocenters. The minimum absolute atomic E-state index is 0.243. The van der Waals surface area contributed by atoms with Crippen LogP contribution in [0.5, 0.6) is 17.2 Å². The number of methoxy groups -OCH3 is 2. The average Bonchev–Trinajstić information content (AvgIpc) is 2.72. The topological polar surface area (TPSA) is 136 Å². The Morgan fingerprint density at radius 1 is 1.00 bits per heavy atom. The third kappa shape index (κ3) is 6.24. The SMILES string of the molecule is COc1ccccc1NC(=O)C(=O)N/N=C\c1ccc(OCC(=O)O)c(OC)c1. The highest BCUT2D eigenvalue weighted by atomic mass is 16.5. The monoisotopic (exact) mass is 401 g/mol. The third-order valence-electron chi connectivity index (χ3n) is 3.48. The molecule has 0 fully saturated rings. The van der Waals surface area contributed by atoms with Gasteiger partial charge in [-0.15, -0.1) is 0 Å². The molecule has 10 heteroatoms. The highest BCUT2D eigenvalue weighted by molar-refractivity contribution is 6.39. The van der Waals surface area contributed by atoms with Crippen LogP contribution in [-0.2, 0) is 14.4 Å². The molecular formula is C19H19N3O7. The van der Waals surface area contributed by atoms with E-state index in [9.17, 15) is 14.4 Å². The normalized spacial score (nSPS) is 10.3. The second-order valence-electron chi connectivity index (χ2n) is 5.45. The van der Waals surface area contributed by atoms with Crippen molar-refractivity contribution in [1.29, 1.82) is 0 Å². The van der Waals surface area contributed by atoms with Gasteiger partial charge < -0.3 is 24.6 Å². The molecule has 0 aliphatic carbocycles. The van der Waals surface area contributed by atoms with E-state index in [2.05, 4.69) is 15.8 Å². The number of aliphatic carboxylic acids is 1. The number of rotatable bonds is 8. The van der Waals surface area contributed by atoms with Gasteiger partial charge in [0, 0.05) is 0 Å². The fourth-order valence-electron chi connectivity index (χ4n) is 2.17. The van der Waals surface area contributed by atoms with Crippen molar-refractivity contribution in [3.8, 4) is 17.2 Å². The molecule has 0 spiro atoms. The minimum Gasteiger partial charge on any atom is -0.495 e. The van der Waals surface area contributed by atoms with E-state index in [1.807, 2.05) is 0 Å². The molecule has 2 aromatic carbocycles. The lowest BCUT2D eigenvalue weighted by Crippen LogP contribution is -2.32. The van der Waals surface area contributed by atoms with E-state index < -0.39 is 24.4 Å². The number of carbonyl (C=O) groups is 3. The zero-order valence-corrected chi connectivity index (χ0v) is 15.7. The number of carboxylic acids is 1. The lowest BCUT2D eigenvalue weighted by Gasteiger charge is -2.09. The van der Waals surface area contributed by atoms with Crippen molar-refractivity contribution < 1.29 is 33.7 Å². The van der Waals surface area contributed by atoms with E-state index >= 15 is 0 Å². The molecule has 0 aromatic heterocycles. The van der Waals surface area contributed by atoms with Crippen LogP contribution in [0.3, 0.4) is 0 Å². The first kappa shape index (κ1) is 21.2. The predicted octanol–water partition coefficient (Wildman–Crippen LogP) is 1.26. The molecule has 0 aliphatic rings. The molecule has 2 rings (SSSR count). The van der Waals surface area contributed by atoms with Crippen LogP contribution < -0.4 is 25.0 Å². The van der Waals surface area contributed by atoms with Crippen LogP contribution >= 0.6 is 0 Å². The third-order valence-corrected chi connectivity index (χ3v) is 3.48. The number of anilines is 1. The maximum atomic E-state index is 12.0. The summed E-state index contributed by atoms with van der Waals surface area (Å²) in [5.41, 5.74) is 2.98. The number of amides is 2. The van der Waals surface area contributed by atoms with Crippen LogP contribution in [0.15, 0.2) is 47.6 Å². The largest absolute Gasteiger partial charge is 0.495 e. The second-order valence-corrected chi connectivity index (χ2v) is 5.45. The summed E-state index contributed by atoms with van der Waals surface area (Å²) >= 11 is 0. The van der Waals surface area contributed by atoms with E-state index in [0.717, 1.165) is 0 Å². The van der Waals surface area contributed by atoms with Crippen molar-refractivity contribution in [3.63, 3.8) is 0 Å². The first-order valence-corrected chi connectivity index (χ1v) is 8.24. The molecule has 29 heavy (non-hydrogen) atoms. The van der Waals surface area contributed by atoms with E-state index in [1.165, 1.54) is 32.6 Å². The zero-order chi connectivity index (χ0) is 21.2. The summed E-state index contributed by atoms with van der Waals surface area (Å²) in [7, 11) is 2.84. The van der Waals surface area contributed by atoms with E-state index in [4.69, 9.17) is 19.3 Å². The number of carboxylic acid groups (broad SMARTS) is 1. The second kappa shape index (κ2) is 10.3. The Balaban J connectivity index is 1.96. The van der Waals surface area contributed by atoms with Gasteiger partial charge >= 0.3 is 17.8 Å². The van der Waals surface area contributed by atoms with Crippen LogP contribution in [-0.4, -0.2) is 49.9 Å². The first-order chi connectivity index (χ1) is 13.9. The molecule has 0 aliphatic heterocycles. The number of para-hydroxylation sites is 2. The van der Waals surface area contributed by atoms with Gasteiger partial charge in [0.2, 0.25) is 0 Å². The summed E-state index contributed by atoms with van der Waals surface area (Å²) in [6.07, 6.45) is 1.29. The Morgan fingerprint density at radius 3 is 2.41 bits per heavy atom.